The Labute approximate surface area is 102 Å². The van der Waals surface area contributed by atoms with Gasteiger partial charge < -0.3 is 15.3 Å². The molecule has 0 rings (SSSR count). The molecule has 0 saturated heterocycles. The van der Waals surface area contributed by atoms with Crippen LogP contribution in [0.15, 0.2) is 0 Å². The van der Waals surface area contributed by atoms with E-state index in [2.05, 4.69) is 41.5 Å². The van der Waals surface area contributed by atoms with Crippen molar-refractivity contribution in [2.45, 2.75) is 64.2 Å². The summed E-state index contributed by atoms with van der Waals surface area (Å²) in [6, 6.07) is -0.247. The molecule has 0 aliphatic rings. The third-order valence-electron chi connectivity index (χ3n) is 3.49. The normalized spacial score (nSPS) is 15.2. The maximum Gasteiger partial charge on any atom is 0.200 e. The van der Waals surface area contributed by atoms with Crippen LogP contribution >= 0.6 is 0 Å². The molecular formula is C12H29NO2Si. The van der Waals surface area contributed by atoms with Crippen LogP contribution in [0.2, 0.25) is 16.6 Å². The minimum absolute atomic E-state index is 0.00122. The van der Waals surface area contributed by atoms with Crippen molar-refractivity contribution >= 4 is 8.32 Å². The third-order valence-corrected chi connectivity index (χ3v) is 9.57. The molecule has 0 bridgehead atoms. The highest BCUT2D eigenvalue weighted by Crippen LogP contribution is 2.42. The standard InChI is InChI=1S/C12H29NO2Si/c1-9(2)16(10(3)4,11(5)6)15-8-12(13)7-14/h9-12,14H,7-8,13H2,1-6H3. The van der Waals surface area contributed by atoms with Crippen LogP contribution in [-0.2, 0) is 4.43 Å². The highest BCUT2D eigenvalue weighted by molar-refractivity contribution is 6.77. The zero-order valence-corrected chi connectivity index (χ0v) is 12.7. The van der Waals surface area contributed by atoms with Crippen LogP contribution in [0.1, 0.15) is 41.5 Å². The number of nitrogens with two attached hydrogens (primary N) is 1. The topological polar surface area (TPSA) is 55.5 Å². The Morgan fingerprint density at radius 1 is 1.00 bits per heavy atom. The van der Waals surface area contributed by atoms with Crippen molar-refractivity contribution in [3.05, 3.63) is 0 Å². The molecule has 0 aliphatic heterocycles. The summed E-state index contributed by atoms with van der Waals surface area (Å²) >= 11 is 0. The molecule has 0 fully saturated rings. The van der Waals surface area contributed by atoms with Gasteiger partial charge in [-0.2, -0.15) is 0 Å². The van der Waals surface area contributed by atoms with Crippen LogP contribution in [0.3, 0.4) is 0 Å². The van der Waals surface area contributed by atoms with E-state index in [1.54, 1.807) is 0 Å². The lowest BCUT2D eigenvalue weighted by atomic mass is 10.4. The van der Waals surface area contributed by atoms with Gasteiger partial charge in [0.1, 0.15) is 0 Å². The monoisotopic (exact) mass is 247 g/mol. The van der Waals surface area contributed by atoms with E-state index in [9.17, 15) is 0 Å². The number of hydrogen-bond donors (Lipinski definition) is 2. The van der Waals surface area contributed by atoms with Gasteiger partial charge in [0.2, 0.25) is 0 Å². The molecule has 98 valence electrons. The van der Waals surface area contributed by atoms with Crippen molar-refractivity contribution in [2.24, 2.45) is 5.73 Å². The Bertz CT molecular complexity index is 174. The Hall–Kier alpha value is 0.0969. The van der Waals surface area contributed by atoms with E-state index in [-0.39, 0.29) is 12.6 Å². The van der Waals surface area contributed by atoms with Gasteiger partial charge in [-0.1, -0.05) is 41.5 Å². The highest BCUT2D eigenvalue weighted by Gasteiger charge is 2.45. The molecule has 0 aromatic rings. The van der Waals surface area contributed by atoms with Gasteiger partial charge in [-0.05, 0) is 16.6 Å². The summed E-state index contributed by atoms with van der Waals surface area (Å²) in [6.45, 7) is 14.0. The first kappa shape index (κ1) is 16.1. The van der Waals surface area contributed by atoms with E-state index in [1.165, 1.54) is 0 Å². The third kappa shape index (κ3) is 3.55. The minimum atomic E-state index is -1.80. The summed E-state index contributed by atoms with van der Waals surface area (Å²) in [5.41, 5.74) is 7.43. The zero-order chi connectivity index (χ0) is 12.9. The molecule has 4 heteroatoms. The molecule has 1 unspecified atom stereocenters. The van der Waals surface area contributed by atoms with Crippen molar-refractivity contribution in [1.29, 1.82) is 0 Å². The fourth-order valence-electron chi connectivity index (χ4n) is 2.80. The SMILES string of the molecule is CC(C)[Si](OCC(N)CO)(C(C)C)C(C)C. The van der Waals surface area contributed by atoms with Crippen molar-refractivity contribution < 1.29 is 9.53 Å². The van der Waals surface area contributed by atoms with Gasteiger partial charge in [-0.3, -0.25) is 0 Å². The quantitative estimate of drug-likeness (QED) is 0.680. The van der Waals surface area contributed by atoms with E-state index in [0.29, 0.717) is 23.2 Å². The number of aliphatic hydroxyl groups excluding tert-OH is 1. The summed E-state index contributed by atoms with van der Waals surface area (Å²) in [6.07, 6.45) is 0. The van der Waals surface area contributed by atoms with E-state index in [0.717, 1.165) is 0 Å². The molecule has 0 radical (unpaired) electrons. The second-order valence-electron chi connectivity index (χ2n) is 5.57. The summed E-state index contributed by atoms with van der Waals surface area (Å²) in [7, 11) is -1.80. The molecule has 0 saturated carbocycles. The van der Waals surface area contributed by atoms with Crippen molar-refractivity contribution in [2.75, 3.05) is 13.2 Å². The minimum Gasteiger partial charge on any atom is -0.414 e. The van der Waals surface area contributed by atoms with Gasteiger partial charge >= 0.3 is 0 Å². The molecule has 0 spiro atoms. The summed E-state index contributed by atoms with van der Waals surface area (Å²) < 4.78 is 6.22. The fourth-order valence-corrected chi connectivity index (χ4v) is 8.31. The first-order chi connectivity index (χ1) is 7.28. The molecule has 0 amide bonds. The van der Waals surface area contributed by atoms with Crippen LogP contribution < -0.4 is 5.73 Å². The van der Waals surface area contributed by atoms with Crippen LogP contribution in [0.4, 0.5) is 0 Å². The molecule has 0 aromatic carbocycles. The average Bonchev–Trinajstić information content (AvgIpc) is 2.16. The Morgan fingerprint density at radius 3 is 1.62 bits per heavy atom. The number of hydrogen-bond acceptors (Lipinski definition) is 3. The molecular weight excluding hydrogens is 218 g/mol. The second-order valence-corrected chi connectivity index (χ2v) is 11.0. The van der Waals surface area contributed by atoms with Crippen LogP contribution in [0, 0.1) is 0 Å². The van der Waals surface area contributed by atoms with Gasteiger partial charge in [0.15, 0.2) is 8.32 Å². The molecule has 1 atom stereocenters. The van der Waals surface area contributed by atoms with Crippen LogP contribution in [-0.4, -0.2) is 32.7 Å². The summed E-state index contributed by atoms with van der Waals surface area (Å²) in [5.74, 6) is 0. The number of rotatable bonds is 7. The number of aliphatic hydroxyl groups is 1. The maximum absolute atomic E-state index is 8.96. The lowest BCUT2D eigenvalue weighted by molar-refractivity contribution is 0.192. The largest absolute Gasteiger partial charge is 0.414 e. The Kier molecular flexibility index (Phi) is 6.78. The lowest BCUT2D eigenvalue weighted by Crippen LogP contribution is -2.50. The Balaban J connectivity index is 4.77. The van der Waals surface area contributed by atoms with E-state index < -0.39 is 8.32 Å². The predicted octanol–water partition coefficient (Wildman–Crippen LogP) is 2.50. The first-order valence-electron chi connectivity index (χ1n) is 6.29. The van der Waals surface area contributed by atoms with Gasteiger partial charge in [-0.15, -0.1) is 0 Å². The highest BCUT2D eigenvalue weighted by atomic mass is 28.4. The van der Waals surface area contributed by atoms with Gasteiger partial charge in [0.25, 0.3) is 0 Å². The fraction of sp³-hybridized carbons (Fsp3) is 1.00. The van der Waals surface area contributed by atoms with Crippen molar-refractivity contribution in [3.8, 4) is 0 Å². The van der Waals surface area contributed by atoms with Gasteiger partial charge in [0.05, 0.1) is 13.2 Å². The summed E-state index contributed by atoms with van der Waals surface area (Å²) in [4.78, 5) is 0. The first-order valence-corrected chi connectivity index (χ1v) is 8.43. The van der Waals surface area contributed by atoms with E-state index in [4.69, 9.17) is 15.3 Å². The molecule has 0 aromatic heterocycles. The zero-order valence-electron chi connectivity index (χ0n) is 11.7. The molecule has 3 nitrogen and oxygen atoms in total. The average molecular weight is 247 g/mol. The predicted molar refractivity (Wildman–Crippen MR) is 72.1 cm³/mol. The summed E-state index contributed by atoms with van der Waals surface area (Å²) in [5, 5.41) is 8.96. The molecule has 0 heterocycles. The Morgan fingerprint density at radius 2 is 1.38 bits per heavy atom. The second kappa shape index (κ2) is 6.74. The van der Waals surface area contributed by atoms with Crippen molar-refractivity contribution in [3.63, 3.8) is 0 Å². The van der Waals surface area contributed by atoms with Crippen LogP contribution in [0.5, 0.6) is 0 Å². The van der Waals surface area contributed by atoms with Crippen molar-refractivity contribution in [1.82, 2.24) is 0 Å². The van der Waals surface area contributed by atoms with E-state index >= 15 is 0 Å². The van der Waals surface area contributed by atoms with Gasteiger partial charge in [-0.25, -0.2) is 0 Å². The van der Waals surface area contributed by atoms with Gasteiger partial charge in [0, 0.05) is 6.04 Å². The molecule has 3 N–H and O–H groups in total. The lowest BCUT2D eigenvalue weighted by Gasteiger charge is -2.42. The molecule has 0 aliphatic carbocycles. The molecule has 16 heavy (non-hydrogen) atoms. The smallest absolute Gasteiger partial charge is 0.200 e. The van der Waals surface area contributed by atoms with Crippen LogP contribution in [0.25, 0.3) is 0 Å². The van der Waals surface area contributed by atoms with E-state index in [1.807, 2.05) is 0 Å². The maximum atomic E-state index is 8.96.